The van der Waals surface area contributed by atoms with E-state index in [0.29, 0.717) is 0 Å². The van der Waals surface area contributed by atoms with E-state index < -0.39 is 0 Å². The number of thiophene rings is 1. The van der Waals surface area contributed by atoms with Crippen LogP contribution < -0.4 is 4.90 Å². The van der Waals surface area contributed by atoms with E-state index in [1.165, 1.54) is 59.7 Å². The van der Waals surface area contributed by atoms with Crippen molar-refractivity contribution in [1.29, 1.82) is 0 Å². The maximum absolute atomic E-state index is 4.70. The third kappa shape index (κ3) is 4.95. The predicted octanol–water partition coefficient (Wildman–Crippen LogP) is 13.4. The van der Waals surface area contributed by atoms with E-state index in [0.717, 1.165) is 33.6 Å². The zero-order valence-electron chi connectivity index (χ0n) is 29.3. The van der Waals surface area contributed by atoms with Crippen LogP contribution in [-0.4, -0.2) is 9.97 Å². The zero-order chi connectivity index (χ0) is 35.6. The zero-order valence-corrected chi connectivity index (χ0v) is 30.1. The first kappa shape index (κ1) is 31.0. The molecule has 9 aromatic rings. The summed E-state index contributed by atoms with van der Waals surface area (Å²) < 4.78 is 1.32. The minimum Gasteiger partial charge on any atom is -0.324 e. The molecule has 3 aromatic heterocycles. The SMILES string of the molecule is c1ccc(C2c3ccccc3N3c4sc5ccccc5c4-c4cc(-c5cccc(-c6cc(-c7ccccn7)cc(-c7ccccn7)c6)c5)ccc4C23)cc1. The number of nitrogens with zero attached hydrogens (tertiary/aromatic N) is 3. The first-order valence-electron chi connectivity index (χ1n) is 18.5. The van der Waals surface area contributed by atoms with E-state index in [1.807, 2.05) is 48.0 Å². The van der Waals surface area contributed by atoms with Gasteiger partial charge < -0.3 is 4.90 Å². The van der Waals surface area contributed by atoms with Gasteiger partial charge in [0.1, 0.15) is 5.00 Å². The molecule has 0 aliphatic carbocycles. The molecule has 5 heterocycles. The highest BCUT2D eigenvalue weighted by atomic mass is 32.1. The van der Waals surface area contributed by atoms with Crippen molar-refractivity contribution in [3.8, 4) is 55.9 Å². The molecule has 6 aromatic carbocycles. The van der Waals surface area contributed by atoms with Crippen LogP contribution in [0.25, 0.3) is 66.0 Å². The van der Waals surface area contributed by atoms with Gasteiger partial charge in [0, 0.05) is 50.8 Å². The molecule has 0 radical (unpaired) electrons. The minimum atomic E-state index is 0.153. The lowest BCUT2D eigenvalue weighted by molar-refractivity contribution is 0.657. The summed E-state index contributed by atoms with van der Waals surface area (Å²) in [6, 6.07) is 64.2. The second-order valence-electron chi connectivity index (χ2n) is 14.2. The molecule has 0 amide bonds. The Balaban J connectivity index is 1.08. The molecule has 0 saturated carbocycles. The Morgan fingerprint density at radius 2 is 1.09 bits per heavy atom. The highest BCUT2D eigenvalue weighted by Crippen LogP contribution is 2.64. The fraction of sp³-hybridized carbons (Fsp3) is 0.0400. The fourth-order valence-corrected chi connectivity index (χ4v) is 9.99. The van der Waals surface area contributed by atoms with E-state index in [2.05, 4.69) is 157 Å². The van der Waals surface area contributed by atoms with Gasteiger partial charge >= 0.3 is 0 Å². The van der Waals surface area contributed by atoms with Gasteiger partial charge in [-0.1, -0.05) is 109 Å². The molecular formula is C50H33N3S. The molecule has 2 atom stereocenters. The van der Waals surface area contributed by atoms with Gasteiger partial charge in [-0.3, -0.25) is 9.97 Å². The fourth-order valence-electron chi connectivity index (χ4n) is 8.72. The molecule has 3 nitrogen and oxygen atoms in total. The summed E-state index contributed by atoms with van der Waals surface area (Å²) in [4.78, 5) is 12.0. The lowest BCUT2D eigenvalue weighted by Gasteiger charge is -2.36. The third-order valence-electron chi connectivity index (χ3n) is 11.1. The lowest BCUT2D eigenvalue weighted by Crippen LogP contribution is -2.26. The predicted molar refractivity (Wildman–Crippen MR) is 224 cm³/mol. The summed E-state index contributed by atoms with van der Waals surface area (Å²) in [6.07, 6.45) is 3.71. The van der Waals surface area contributed by atoms with E-state index in [4.69, 9.17) is 9.97 Å². The highest BCUT2D eigenvalue weighted by molar-refractivity contribution is 7.23. The number of hydrogen-bond acceptors (Lipinski definition) is 4. The maximum atomic E-state index is 4.70. The molecule has 2 unspecified atom stereocenters. The van der Waals surface area contributed by atoms with E-state index in [1.54, 1.807) is 0 Å². The van der Waals surface area contributed by atoms with Crippen molar-refractivity contribution in [3.63, 3.8) is 0 Å². The van der Waals surface area contributed by atoms with Crippen LogP contribution in [0.2, 0.25) is 0 Å². The Labute approximate surface area is 318 Å². The van der Waals surface area contributed by atoms with Crippen molar-refractivity contribution in [3.05, 3.63) is 205 Å². The van der Waals surface area contributed by atoms with Gasteiger partial charge in [0.2, 0.25) is 0 Å². The summed E-state index contributed by atoms with van der Waals surface area (Å²) in [5.41, 5.74) is 16.8. The summed E-state index contributed by atoms with van der Waals surface area (Å²) in [5.74, 6) is 0.216. The Kier molecular flexibility index (Phi) is 7.17. The Hall–Kier alpha value is -6.62. The van der Waals surface area contributed by atoms with Crippen LogP contribution in [0.1, 0.15) is 28.7 Å². The van der Waals surface area contributed by atoms with Crippen LogP contribution in [0.5, 0.6) is 0 Å². The van der Waals surface area contributed by atoms with Gasteiger partial charge in [-0.05, 0) is 111 Å². The largest absolute Gasteiger partial charge is 0.324 e. The van der Waals surface area contributed by atoms with Crippen LogP contribution in [0.4, 0.5) is 10.7 Å². The first-order valence-corrected chi connectivity index (χ1v) is 19.3. The molecule has 0 N–H and O–H groups in total. The standard InChI is InChI=1S/C50H33N3S/c1-2-13-32(14-3-1)47-40-17-4-6-21-45(40)53-49(47)39-24-23-35(31-42(39)48-41-18-5-7-22-46(41)54-50(48)53)33-15-12-16-34(27-33)36-28-37(43-19-8-10-25-51-43)30-38(29-36)44-20-9-11-26-52-44/h1-31,47,49H. The first-order chi connectivity index (χ1) is 26.8. The van der Waals surface area contributed by atoms with Gasteiger partial charge in [-0.2, -0.15) is 0 Å². The molecule has 54 heavy (non-hydrogen) atoms. The van der Waals surface area contributed by atoms with Crippen molar-refractivity contribution in [2.24, 2.45) is 0 Å². The van der Waals surface area contributed by atoms with Gasteiger partial charge in [0.05, 0.1) is 17.4 Å². The van der Waals surface area contributed by atoms with Crippen molar-refractivity contribution < 1.29 is 0 Å². The van der Waals surface area contributed by atoms with E-state index in [9.17, 15) is 0 Å². The molecule has 0 bridgehead atoms. The minimum absolute atomic E-state index is 0.153. The Bertz CT molecular complexity index is 2790. The van der Waals surface area contributed by atoms with Crippen LogP contribution >= 0.6 is 11.3 Å². The highest BCUT2D eigenvalue weighted by Gasteiger charge is 2.46. The van der Waals surface area contributed by atoms with Gasteiger partial charge in [-0.15, -0.1) is 11.3 Å². The molecule has 0 fully saturated rings. The molecule has 2 aliphatic heterocycles. The number of pyridine rings is 2. The number of hydrogen-bond donors (Lipinski definition) is 0. The number of benzene rings is 6. The van der Waals surface area contributed by atoms with Gasteiger partial charge in [0.25, 0.3) is 0 Å². The van der Waals surface area contributed by atoms with Crippen molar-refractivity contribution >= 4 is 32.1 Å². The number of para-hydroxylation sites is 1. The number of rotatable bonds is 5. The molecule has 0 spiro atoms. The van der Waals surface area contributed by atoms with Crippen LogP contribution in [-0.2, 0) is 0 Å². The smallest absolute Gasteiger partial charge is 0.105 e. The number of anilines is 2. The van der Waals surface area contributed by atoms with Gasteiger partial charge in [0.15, 0.2) is 0 Å². The van der Waals surface area contributed by atoms with Crippen LogP contribution in [0.15, 0.2) is 188 Å². The van der Waals surface area contributed by atoms with Gasteiger partial charge in [-0.25, -0.2) is 0 Å². The van der Waals surface area contributed by atoms with E-state index in [-0.39, 0.29) is 12.0 Å². The molecule has 2 aliphatic rings. The summed E-state index contributed by atoms with van der Waals surface area (Å²) >= 11 is 1.92. The third-order valence-corrected chi connectivity index (χ3v) is 12.3. The Morgan fingerprint density at radius 1 is 0.463 bits per heavy atom. The lowest BCUT2D eigenvalue weighted by atomic mass is 9.79. The number of aromatic nitrogens is 2. The molecule has 4 heteroatoms. The number of fused-ring (bicyclic) bond motifs is 10. The average Bonchev–Trinajstić information content (AvgIpc) is 3.81. The molecule has 254 valence electrons. The van der Waals surface area contributed by atoms with Crippen molar-refractivity contribution in [2.45, 2.75) is 12.0 Å². The summed E-state index contributed by atoms with van der Waals surface area (Å²) in [6.45, 7) is 0. The molecule has 0 saturated heterocycles. The Morgan fingerprint density at radius 3 is 1.85 bits per heavy atom. The van der Waals surface area contributed by atoms with Crippen LogP contribution in [0.3, 0.4) is 0 Å². The van der Waals surface area contributed by atoms with Crippen LogP contribution in [0, 0.1) is 0 Å². The summed E-state index contributed by atoms with van der Waals surface area (Å²) in [7, 11) is 0. The molecular weight excluding hydrogens is 675 g/mol. The maximum Gasteiger partial charge on any atom is 0.105 e. The van der Waals surface area contributed by atoms with E-state index >= 15 is 0 Å². The normalized spacial score (nSPS) is 15.4. The quantitative estimate of drug-likeness (QED) is 0.178. The second-order valence-corrected chi connectivity index (χ2v) is 15.2. The van der Waals surface area contributed by atoms with Crippen molar-refractivity contribution in [1.82, 2.24) is 9.97 Å². The van der Waals surface area contributed by atoms with Crippen molar-refractivity contribution in [2.75, 3.05) is 4.90 Å². The second kappa shape index (κ2) is 12.5. The molecule has 11 rings (SSSR count). The monoisotopic (exact) mass is 707 g/mol. The topological polar surface area (TPSA) is 29.0 Å². The summed E-state index contributed by atoms with van der Waals surface area (Å²) in [5, 5.41) is 2.65. The average molecular weight is 708 g/mol.